The Labute approximate surface area is 136 Å². The van der Waals surface area contributed by atoms with E-state index in [2.05, 4.69) is 16.4 Å². The quantitative estimate of drug-likeness (QED) is 0.869. The van der Waals surface area contributed by atoms with Crippen LogP contribution in [0.1, 0.15) is 16.8 Å². The number of thioether (sulfide) groups is 1. The van der Waals surface area contributed by atoms with Gasteiger partial charge >= 0.3 is 0 Å². The molecule has 1 amide bonds. The number of carbonyl (C=O) groups excluding carboxylic acids is 1. The molecule has 0 saturated heterocycles. The number of nitrogens with zero attached hydrogens (tertiary/aromatic N) is 2. The van der Waals surface area contributed by atoms with Crippen molar-refractivity contribution in [1.29, 1.82) is 5.26 Å². The molecule has 1 aromatic heterocycles. The molecule has 0 aliphatic heterocycles. The summed E-state index contributed by atoms with van der Waals surface area (Å²) in [5.41, 5.74) is 1.70. The monoisotopic (exact) mass is 333 g/mol. The molecule has 2 rings (SSSR count). The molecular formula is C16H13F2N3OS. The number of nitriles is 1. The fourth-order valence-corrected chi connectivity index (χ4v) is 2.86. The first kappa shape index (κ1) is 16.9. The third-order valence-corrected chi connectivity index (χ3v) is 3.94. The van der Waals surface area contributed by atoms with E-state index in [9.17, 15) is 13.6 Å². The van der Waals surface area contributed by atoms with Crippen molar-refractivity contribution < 1.29 is 13.6 Å². The van der Waals surface area contributed by atoms with Crippen LogP contribution in [-0.4, -0.2) is 16.6 Å². The van der Waals surface area contributed by atoms with Crippen molar-refractivity contribution in [2.24, 2.45) is 0 Å². The van der Waals surface area contributed by atoms with Gasteiger partial charge in [0, 0.05) is 11.8 Å². The normalized spacial score (nSPS) is 10.2. The molecule has 0 unspecified atom stereocenters. The lowest BCUT2D eigenvalue weighted by atomic mass is 10.1. The van der Waals surface area contributed by atoms with Gasteiger partial charge in [0.25, 0.3) is 0 Å². The van der Waals surface area contributed by atoms with E-state index in [4.69, 9.17) is 5.26 Å². The smallest absolute Gasteiger partial charge is 0.234 e. The molecule has 4 nitrogen and oxygen atoms in total. The van der Waals surface area contributed by atoms with Crippen LogP contribution in [-0.2, 0) is 4.79 Å². The number of hydrogen-bond donors (Lipinski definition) is 1. The van der Waals surface area contributed by atoms with Gasteiger partial charge in [-0.05, 0) is 37.6 Å². The Morgan fingerprint density at radius 3 is 2.78 bits per heavy atom. The molecule has 0 bridgehead atoms. The zero-order valence-electron chi connectivity index (χ0n) is 12.5. The van der Waals surface area contributed by atoms with Gasteiger partial charge in [0.05, 0.1) is 17.0 Å². The molecule has 0 saturated carbocycles. The van der Waals surface area contributed by atoms with Gasteiger partial charge in [0.2, 0.25) is 5.91 Å². The van der Waals surface area contributed by atoms with Crippen molar-refractivity contribution in [3.05, 3.63) is 52.7 Å². The standard InChI is InChI=1S/C16H13F2N3OS/c1-9-5-10(2)20-16(12(9)7-19)23-8-15(22)21-14-6-11(17)3-4-13(14)18/h3-6H,8H2,1-2H3,(H,21,22). The Bertz CT molecular complexity index is 803. The highest BCUT2D eigenvalue weighted by Gasteiger charge is 2.13. The maximum atomic E-state index is 13.5. The van der Waals surface area contributed by atoms with Crippen molar-refractivity contribution in [2.75, 3.05) is 11.1 Å². The van der Waals surface area contributed by atoms with Gasteiger partial charge in [0.1, 0.15) is 22.7 Å². The second-order valence-electron chi connectivity index (χ2n) is 4.83. The van der Waals surface area contributed by atoms with Crippen LogP contribution in [0.25, 0.3) is 0 Å². The first-order valence-electron chi connectivity index (χ1n) is 6.66. The third-order valence-electron chi connectivity index (χ3n) is 2.97. The molecule has 0 radical (unpaired) electrons. The van der Waals surface area contributed by atoms with Gasteiger partial charge in [-0.1, -0.05) is 11.8 Å². The highest BCUT2D eigenvalue weighted by molar-refractivity contribution is 8.00. The molecule has 1 heterocycles. The Hall–Kier alpha value is -2.46. The second kappa shape index (κ2) is 7.20. The van der Waals surface area contributed by atoms with Crippen molar-refractivity contribution in [3.8, 4) is 6.07 Å². The van der Waals surface area contributed by atoms with Crippen LogP contribution in [0.3, 0.4) is 0 Å². The largest absolute Gasteiger partial charge is 0.323 e. The molecule has 0 fully saturated rings. The zero-order valence-corrected chi connectivity index (χ0v) is 13.3. The van der Waals surface area contributed by atoms with Gasteiger partial charge in [0.15, 0.2) is 0 Å². The van der Waals surface area contributed by atoms with Gasteiger partial charge < -0.3 is 5.32 Å². The topological polar surface area (TPSA) is 65.8 Å². The first-order chi connectivity index (χ1) is 10.9. The number of halogens is 2. The third kappa shape index (κ3) is 4.27. The summed E-state index contributed by atoms with van der Waals surface area (Å²) >= 11 is 1.08. The van der Waals surface area contributed by atoms with Crippen molar-refractivity contribution in [3.63, 3.8) is 0 Å². The molecule has 7 heteroatoms. The predicted molar refractivity (Wildman–Crippen MR) is 84.1 cm³/mol. The highest BCUT2D eigenvalue weighted by Crippen LogP contribution is 2.24. The summed E-state index contributed by atoms with van der Waals surface area (Å²) in [5, 5.41) is 11.9. The number of benzene rings is 1. The van der Waals surface area contributed by atoms with Gasteiger partial charge in [-0.3, -0.25) is 4.79 Å². The Morgan fingerprint density at radius 1 is 1.35 bits per heavy atom. The van der Waals surface area contributed by atoms with Crippen LogP contribution >= 0.6 is 11.8 Å². The van der Waals surface area contributed by atoms with Crippen molar-refractivity contribution >= 4 is 23.4 Å². The second-order valence-corrected chi connectivity index (χ2v) is 5.80. The number of pyridine rings is 1. The fourth-order valence-electron chi connectivity index (χ4n) is 1.96. The summed E-state index contributed by atoms with van der Waals surface area (Å²) in [7, 11) is 0. The molecule has 0 spiro atoms. The van der Waals surface area contributed by atoms with Crippen molar-refractivity contribution in [2.45, 2.75) is 18.9 Å². The lowest BCUT2D eigenvalue weighted by Crippen LogP contribution is -2.15. The summed E-state index contributed by atoms with van der Waals surface area (Å²) in [5.74, 6) is -1.94. The molecule has 23 heavy (non-hydrogen) atoms. The molecule has 1 aromatic carbocycles. The summed E-state index contributed by atoms with van der Waals surface area (Å²) in [4.78, 5) is 16.1. The zero-order chi connectivity index (χ0) is 17.0. The van der Waals surface area contributed by atoms with Gasteiger partial charge in [-0.2, -0.15) is 5.26 Å². The molecule has 1 N–H and O–H groups in total. The minimum atomic E-state index is -0.716. The van der Waals surface area contributed by atoms with Gasteiger partial charge in [-0.25, -0.2) is 13.8 Å². The number of carbonyl (C=O) groups is 1. The van der Waals surface area contributed by atoms with Crippen LogP contribution < -0.4 is 5.32 Å². The first-order valence-corrected chi connectivity index (χ1v) is 7.65. The molecular weight excluding hydrogens is 320 g/mol. The summed E-state index contributed by atoms with van der Waals surface area (Å²) in [6.07, 6.45) is 0. The summed E-state index contributed by atoms with van der Waals surface area (Å²) in [6.45, 7) is 3.58. The molecule has 118 valence electrons. The lowest BCUT2D eigenvalue weighted by molar-refractivity contribution is -0.113. The van der Waals surface area contributed by atoms with E-state index >= 15 is 0 Å². The molecule has 0 aliphatic carbocycles. The minimum Gasteiger partial charge on any atom is -0.323 e. The predicted octanol–water partition coefficient (Wildman–Crippen LogP) is 3.58. The van der Waals surface area contributed by atoms with Crippen LogP contribution in [0.15, 0.2) is 29.3 Å². The number of hydrogen-bond acceptors (Lipinski definition) is 4. The number of anilines is 1. The number of nitrogens with one attached hydrogen (secondary N) is 1. The lowest BCUT2D eigenvalue weighted by Gasteiger charge is -2.08. The Balaban J connectivity index is 2.08. The highest BCUT2D eigenvalue weighted by atomic mass is 32.2. The van der Waals surface area contributed by atoms with E-state index in [0.717, 1.165) is 41.2 Å². The SMILES string of the molecule is Cc1cc(C)c(C#N)c(SCC(=O)Nc2cc(F)ccc2F)n1. The maximum absolute atomic E-state index is 13.5. The molecule has 2 aromatic rings. The Morgan fingerprint density at radius 2 is 2.09 bits per heavy atom. The maximum Gasteiger partial charge on any atom is 0.234 e. The summed E-state index contributed by atoms with van der Waals surface area (Å²) < 4.78 is 26.5. The van der Waals surface area contributed by atoms with Gasteiger partial charge in [-0.15, -0.1) is 0 Å². The average Bonchev–Trinajstić information content (AvgIpc) is 2.48. The van der Waals surface area contributed by atoms with Crippen LogP contribution in [0.5, 0.6) is 0 Å². The van der Waals surface area contributed by atoms with E-state index in [1.54, 1.807) is 19.9 Å². The van der Waals surface area contributed by atoms with Crippen LogP contribution in [0, 0.1) is 36.8 Å². The van der Waals surface area contributed by atoms with E-state index in [-0.39, 0.29) is 11.4 Å². The van der Waals surface area contributed by atoms with E-state index in [1.165, 1.54) is 0 Å². The minimum absolute atomic E-state index is 0.0689. The summed E-state index contributed by atoms with van der Waals surface area (Å²) in [6, 6.07) is 6.66. The van der Waals surface area contributed by atoms with E-state index in [1.807, 2.05) is 0 Å². The fraction of sp³-hybridized carbons (Fsp3) is 0.188. The number of amides is 1. The Kier molecular flexibility index (Phi) is 5.29. The van der Waals surface area contributed by atoms with E-state index in [0.29, 0.717) is 10.6 Å². The molecule has 0 aliphatic rings. The number of rotatable bonds is 4. The molecule has 0 atom stereocenters. The average molecular weight is 333 g/mol. The van der Waals surface area contributed by atoms with Crippen LogP contribution in [0.4, 0.5) is 14.5 Å². The van der Waals surface area contributed by atoms with Crippen LogP contribution in [0.2, 0.25) is 0 Å². The number of aromatic nitrogens is 1. The van der Waals surface area contributed by atoms with E-state index < -0.39 is 17.5 Å². The number of aryl methyl sites for hydroxylation is 2. The van der Waals surface area contributed by atoms with Crippen molar-refractivity contribution in [1.82, 2.24) is 4.98 Å².